The first kappa shape index (κ1) is 14.5. The van der Waals surface area contributed by atoms with Crippen molar-refractivity contribution in [3.05, 3.63) is 83.9 Å². The second kappa shape index (κ2) is 8.31. The molecular weight excluding hydrogens is 246 g/mol. The SMILES string of the molecule is OC/C=C\CN(Cc1ccccc1)Cc1ccccc1. The Hall–Kier alpha value is -1.90. The molecule has 0 saturated carbocycles. The molecule has 104 valence electrons. The van der Waals surface area contributed by atoms with Crippen molar-refractivity contribution in [2.75, 3.05) is 13.2 Å². The van der Waals surface area contributed by atoms with E-state index in [0.29, 0.717) is 0 Å². The summed E-state index contributed by atoms with van der Waals surface area (Å²) >= 11 is 0. The molecule has 0 aromatic heterocycles. The first-order chi connectivity index (χ1) is 9.88. The van der Waals surface area contributed by atoms with Gasteiger partial charge in [-0.05, 0) is 11.1 Å². The summed E-state index contributed by atoms with van der Waals surface area (Å²) < 4.78 is 0. The van der Waals surface area contributed by atoms with Crippen molar-refractivity contribution in [3.63, 3.8) is 0 Å². The zero-order valence-corrected chi connectivity index (χ0v) is 11.7. The Labute approximate surface area is 121 Å². The molecule has 20 heavy (non-hydrogen) atoms. The molecule has 2 rings (SSSR count). The molecule has 2 heteroatoms. The van der Waals surface area contributed by atoms with Crippen LogP contribution < -0.4 is 0 Å². The number of aliphatic hydroxyl groups excluding tert-OH is 1. The van der Waals surface area contributed by atoms with Gasteiger partial charge in [0.2, 0.25) is 0 Å². The van der Waals surface area contributed by atoms with Crippen molar-refractivity contribution in [3.8, 4) is 0 Å². The average molecular weight is 267 g/mol. The zero-order chi connectivity index (χ0) is 14.0. The lowest BCUT2D eigenvalue weighted by atomic mass is 10.1. The van der Waals surface area contributed by atoms with Gasteiger partial charge in [0, 0.05) is 19.6 Å². The first-order valence-corrected chi connectivity index (χ1v) is 6.94. The van der Waals surface area contributed by atoms with E-state index < -0.39 is 0 Å². The summed E-state index contributed by atoms with van der Waals surface area (Å²) in [6.07, 6.45) is 3.81. The van der Waals surface area contributed by atoms with Crippen molar-refractivity contribution < 1.29 is 5.11 Å². The lowest BCUT2D eigenvalue weighted by Gasteiger charge is -2.21. The van der Waals surface area contributed by atoms with Crippen molar-refractivity contribution in [1.29, 1.82) is 0 Å². The van der Waals surface area contributed by atoms with Gasteiger partial charge in [-0.3, -0.25) is 4.90 Å². The van der Waals surface area contributed by atoms with Gasteiger partial charge in [-0.1, -0.05) is 72.8 Å². The van der Waals surface area contributed by atoms with Crippen LogP contribution in [0, 0.1) is 0 Å². The maximum Gasteiger partial charge on any atom is 0.0612 e. The highest BCUT2D eigenvalue weighted by Gasteiger charge is 2.05. The highest BCUT2D eigenvalue weighted by atomic mass is 16.2. The Morgan fingerprint density at radius 2 is 1.25 bits per heavy atom. The fourth-order valence-electron chi connectivity index (χ4n) is 2.17. The molecule has 0 amide bonds. The maximum atomic E-state index is 8.85. The van der Waals surface area contributed by atoms with E-state index in [0.717, 1.165) is 19.6 Å². The van der Waals surface area contributed by atoms with Crippen LogP contribution >= 0.6 is 0 Å². The van der Waals surface area contributed by atoms with Gasteiger partial charge in [0.15, 0.2) is 0 Å². The molecule has 0 bridgehead atoms. The highest BCUT2D eigenvalue weighted by molar-refractivity contribution is 5.17. The second-order valence-corrected chi connectivity index (χ2v) is 4.79. The molecule has 0 aliphatic rings. The summed E-state index contributed by atoms with van der Waals surface area (Å²) in [5, 5.41) is 8.85. The number of hydrogen-bond donors (Lipinski definition) is 1. The van der Waals surface area contributed by atoms with E-state index in [1.54, 1.807) is 6.08 Å². The molecule has 0 aliphatic carbocycles. The van der Waals surface area contributed by atoms with Gasteiger partial charge in [0.05, 0.1) is 6.61 Å². The molecule has 0 unspecified atom stereocenters. The predicted octanol–water partition coefficient (Wildman–Crippen LogP) is 3.24. The molecule has 2 nitrogen and oxygen atoms in total. The van der Waals surface area contributed by atoms with Crippen LogP contribution in [0.25, 0.3) is 0 Å². The smallest absolute Gasteiger partial charge is 0.0612 e. The Morgan fingerprint density at radius 1 is 0.750 bits per heavy atom. The molecule has 0 radical (unpaired) electrons. The normalized spacial score (nSPS) is 11.3. The molecule has 0 heterocycles. The summed E-state index contributed by atoms with van der Waals surface area (Å²) in [7, 11) is 0. The molecule has 0 saturated heterocycles. The Bertz CT molecular complexity index is 466. The lowest BCUT2D eigenvalue weighted by molar-refractivity contribution is 0.284. The van der Waals surface area contributed by atoms with Gasteiger partial charge >= 0.3 is 0 Å². The van der Waals surface area contributed by atoms with Crippen LogP contribution in [0.4, 0.5) is 0 Å². The standard InChI is InChI=1S/C18H21NO/c20-14-8-7-13-19(15-17-9-3-1-4-10-17)16-18-11-5-2-6-12-18/h1-12,20H,13-16H2/b8-7-. The largest absolute Gasteiger partial charge is 0.392 e. The summed E-state index contributed by atoms with van der Waals surface area (Å²) in [6.45, 7) is 2.76. The molecule has 0 aliphatic heterocycles. The van der Waals surface area contributed by atoms with Gasteiger partial charge in [-0.2, -0.15) is 0 Å². The minimum atomic E-state index is 0.102. The van der Waals surface area contributed by atoms with Crippen LogP contribution in [-0.2, 0) is 13.1 Å². The molecule has 0 atom stereocenters. The minimum absolute atomic E-state index is 0.102. The number of nitrogens with zero attached hydrogens (tertiary/aromatic N) is 1. The van der Waals surface area contributed by atoms with E-state index in [9.17, 15) is 0 Å². The van der Waals surface area contributed by atoms with Crippen LogP contribution in [0.2, 0.25) is 0 Å². The fourth-order valence-corrected chi connectivity index (χ4v) is 2.17. The highest BCUT2D eigenvalue weighted by Crippen LogP contribution is 2.09. The zero-order valence-electron chi connectivity index (χ0n) is 11.7. The van der Waals surface area contributed by atoms with E-state index in [1.165, 1.54) is 11.1 Å². The number of rotatable bonds is 7. The van der Waals surface area contributed by atoms with Crippen LogP contribution in [0.5, 0.6) is 0 Å². The summed E-state index contributed by atoms with van der Waals surface area (Å²) in [5.41, 5.74) is 2.61. The first-order valence-electron chi connectivity index (χ1n) is 6.94. The third-order valence-corrected chi connectivity index (χ3v) is 3.13. The third kappa shape index (κ3) is 5.00. The Kier molecular flexibility index (Phi) is 6.03. The van der Waals surface area contributed by atoms with E-state index in [2.05, 4.69) is 53.4 Å². The average Bonchev–Trinajstić information content (AvgIpc) is 2.49. The predicted molar refractivity (Wildman–Crippen MR) is 83.2 cm³/mol. The van der Waals surface area contributed by atoms with Crippen LogP contribution in [0.15, 0.2) is 72.8 Å². The summed E-state index contributed by atoms with van der Waals surface area (Å²) in [5.74, 6) is 0. The number of aliphatic hydroxyl groups is 1. The van der Waals surface area contributed by atoms with Gasteiger partial charge in [-0.25, -0.2) is 0 Å². The molecule has 2 aromatic rings. The monoisotopic (exact) mass is 267 g/mol. The second-order valence-electron chi connectivity index (χ2n) is 4.79. The third-order valence-electron chi connectivity index (χ3n) is 3.13. The van der Waals surface area contributed by atoms with Crippen LogP contribution in [0.3, 0.4) is 0 Å². The summed E-state index contributed by atoms with van der Waals surface area (Å²) in [4.78, 5) is 2.36. The van der Waals surface area contributed by atoms with Gasteiger partial charge < -0.3 is 5.11 Å². The van der Waals surface area contributed by atoms with Gasteiger partial charge in [0.1, 0.15) is 0 Å². The van der Waals surface area contributed by atoms with E-state index in [-0.39, 0.29) is 6.61 Å². The van der Waals surface area contributed by atoms with Gasteiger partial charge in [0.25, 0.3) is 0 Å². The van der Waals surface area contributed by atoms with E-state index in [4.69, 9.17) is 5.11 Å². The van der Waals surface area contributed by atoms with Crippen molar-refractivity contribution in [2.24, 2.45) is 0 Å². The molecular formula is C18H21NO. The summed E-state index contributed by atoms with van der Waals surface area (Å²) in [6, 6.07) is 20.9. The van der Waals surface area contributed by atoms with Crippen molar-refractivity contribution >= 4 is 0 Å². The van der Waals surface area contributed by atoms with Gasteiger partial charge in [-0.15, -0.1) is 0 Å². The lowest BCUT2D eigenvalue weighted by Crippen LogP contribution is -2.23. The van der Waals surface area contributed by atoms with Crippen LogP contribution in [-0.4, -0.2) is 23.2 Å². The molecule has 1 N–H and O–H groups in total. The van der Waals surface area contributed by atoms with Crippen molar-refractivity contribution in [2.45, 2.75) is 13.1 Å². The molecule has 0 fully saturated rings. The topological polar surface area (TPSA) is 23.5 Å². The Balaban J connectivity index is 2.02. The van der Waals surface area contributed by atoms with E-state index >= 15 is 0 Å². The Morgan fingerprint density at radius 3 is 1.70 bits per heavy atom. The van der Waals surface area contributed by atoms with Crippen molar-refractivity contribution in [1.82, 2.24) is 4.90 Å². The minimum Gasteiger partial charge on any atom is -0.392 e. The number of benzene rings is 2. The van der Waals surface area contributed by atoms with E-state index in [1.807, 2.05) is 18.2 Å². The molecule has 0 spiro atoms. The van der Waals surface area contributed by atoms with Crippen LogP contribution in [0.1, 0.15) is 11.1 Å². The quantitative estimate of drug-likeness (QED) is 0.779. The maximum absolute atomic E-state index is 8.85. The fraction of sp³-hybridized carbons (Fsp3) is 0.222. The molecule has 2 aromatic carbocycles. The number of hydrogen-bond acceptors (Lipinski definition) is 2.